The second kappa shape index (κ2) is 4.23. The predicted octanol–water partition coefficient (Wildman–Crippen LogP) is 1.47. The van der Waals surface area contributed by atoms with Crippen LogP contribution in [0, 0.1) is 0 Å². The minimum Gasteiger partial charge on any atom is -0.330 e. The van der Waals surface area contributed by atoms with E-state index in [2.05, 4.69) is 11.1 Å². The summed E-state index contributed by atoms with van der Waals surface area (Å²) in [6, 6.07) is 0. The summed E-state index contributed by atoms with van der Waals surface area (Å²) in [5.74, 6) is 0. The SMILES string of the molecule is NCCCCC1=CCC=N1. The molecule has 0 unspecified atom stereocenters. The second-order valence-corrected chi connectivity index (χ2v) is 2.49. The molecule has 2 N–H and O–H groups in total. The third-order valence-electron chi connectivity index (χ3n) is 1.60. The van der Waals surface area contributed by atoms with E-state index in [9.17, 15) is 0 Å². The molecule has 0 fully saturated rings. The molecule has 0 aromatic rings. The molecule has 1 aliphatic rings. The topological polar surface area (TPSA) is 38.4 Å². The van der Waals surface area contributed by atoms with Gasteiger partial charge in [0.15, 0.2) is 0 Å². The van der Waals surface area contributed by atoms with Crippen LogP contribution >= 0.6 is 0 Å². The van der Waals surface area contributed by atoms with E-state index in [-0.39, 0.29) is 0 Å². The van der Waals surface area contributed by atoms with Gasteiger partial charge in [0, 0.05) is 18.3 Å². The fraction of sp³-hybridized carbons (Fsp3) is 0.625. The summed E-state index contributed by atoms with van der Waals surface area (Å²) < 4.78 is 0. The fourth-order valence-electron chi connectivity index (χ4n) is 1.03. The first kappa shape index (κ1) is 7.48. The van der Waals surface area contributed by atoms with E-state index in [1.54, 1.807) is 0 Å². The van der Waals surface area contributed by atoms with E-state index >= 15 is 0 Å². The van der Waals surface area contributed by atoms with Crippen molar-refractivity contribution in [3.05, 3.63) is 11.8 Å². The Morgan fingerprint density at radius 1 is 1.50 bits per heavy atom. The number of hydrogen-bond acceptors (Lipinski definition) is 2. The molecule has 10 heavy (non-hydrogen) atoms. The van der Waals surface area contributed by atoms with Crippen LogP contribution in [-0.2, 0) is 0 Å². The van der Waals surface area contributed by atoms with Crippen LogP contribution in [-0.4, -0.2) is 12.8 Å². The number of nitrogens with zero attached hydrogens (tertiary/aromatic N) is 1. The Morgan fingerprint density at radius 2 is 2.40 bits per heavy atom. The summed E-state index contributed by atoms with van der Waals surface area (Å²) in [5, 5.41) is 0. The molecule has 0 atom stereocenters. The van der Waals surface area contributed by atoms with Crippen LogP contribution in [0.1, 0.15) is 25.7 Å². The summed E-state index contributed by atoms with van der Waals surface area (Å²) in [6.45, 7) is 0.803. The smallest absolute Gasteiger partial charge is 0.0363 e. The van der Waals surface area contributed by atoms with Gasteiger partial charge in [0.25, 0.3) is 0 Å². The van der Waals surface area contributed by atoms with Gasteiger partial charge in [0.2, 0.25) is 0 Å². The van der Waals surface area contributed by atoms with Gasteiger partial charge in [-0.1, -0.05) is 6.08 Å². The van der Waals surface area contributed by atoms with Crippen LogP contribution in [0.5, 0.6) is 0 Å². The average molecular weight is 138 g/mol. The van der Waals surface area contributed by atoms with Crippen molar-refractivity contribution in [2.45, 2.75) is 25.7 Å². The molecule has 1 heterocycles. The Bertz CT molecular complexity index is 147. The van der Waals surface area contributed by atoms with Gasteiger partial charge in [-0.15, -0.1) is 0 Å². The highest BCUT2D eigenvalue weighted by Gasteiger charge is 1.97. The summed E-state index contributed by atoms with van der Waals surface area (Å²) in [5.41, 5.74) is 6.60. The van der Waals surface area contributed by atoms with Crippen LogP contribution in [0.15, 0.2) is 16.8 Å². The first-order valence-corrected chi connectivity index (χ1v) is 3.85. The van der Waals surface area contributed by atoms with E-state index in [0.717, 1.165) is 25.8 Å². The largest absolute Gasteiger partial charge is 0.330 e. The third kappa shape index (κ3) is 2.31. The van der Waals surface area contributed by atoms with E-state index < -0.39 is 0 Å². The van der Waals surface area contributed by atoms with Gasteiger partial charge < -0.3 is 5.73 Å². The number of aliphatic imine (C=N–C) groups is 1. The first-order chi connectivity index (χ1) is 4.93. The van der Waals surface area contributed by atoms with Gasteiger partial charge in [0.05, 0.1) is 0 Å². The molecule has 0 aromatic heterocycles. The molecule has 0 spiro atoms. The first-order valence-electron chi connectivity index (χ1n) is 3.85. The maximum absolute atomic E-state index is 5.36. The van der Waals surface area contributed by atoms with Gasteiger partial charge >= 0.3 is 0 Å². The standard InChI is InChI=1S/C8H14N2/c9-6-2-1-4-8-5-3-7-10-8/h5,7H,1-4,6,9H2. The zero-order valence-electron chi connectivity index (χ0n) is 6.21. The monoisotopic (exact) mass is 138 g/mol. The molecule has 1 rings (SSSR count). The Morgan fingerprint density at radius 3 is 3.00 bits per heavy atom. The van der Waals surface area contributed by atoms with Crippen molar-refractivity contribution in [3.8, 4) is 0 Å². The van der Waals surface area contributed by atoms with Crippen molar-refractivity contribution < 1.29 is 0 Å². The number of allylic oxidation sites excluding steroid dienone is 2. The Labute approximate surface area is 61.8 Å². The highest BCUT2D eigenvalue weighted by molar-refractivity contribution is 5.64. The molecule has 0 saturated heterocycles. The Hall–Kier alpha value is -0.630. The van der Waals surface area contributed by atoms with Gasteiger partial charge in [-0.05, 0) is 25.8 Å². The average Bonchev–Trinajstić information content (AvgIpc) is 2.41. The molecule has 56 valence electrons. The van der Waals surface area contributed by atoms with E-state index in [1.165, 1.54) is 12.1 Å². The quantitative estimate of drug-likeness (QED) is 0.587. The summed E-state index contributed by atoms with van der Waals surface area (Å²) >= 11 is 0. The van der Waals surface area contributed by atoms with Crippen LogP contribution in [0.25, 0.3) is 0 Å². The number of rotatable bonds is 4. The van der Waals surface area contributed by atoms with Crippen LogP contribution in [0.2, 0.25) is 0 Å². The predicted molar refractivity (Wildman–Crippen MR) is 44.1 cm³/mol. The minimum atomic E-state index is 0.803. The van der Waals surface area contributed by atoms with Gasteiger partial charge in [0.1, 0.15) is 0 Å². The van der Waals surface area contributed by atoms with Gasteiger partial charge in [-0.25, -0.2) is 0 Å². The lowest BCUT2D eigenvalue weighted by Crippen LogP contribution is -1.97. The minimum absolute atomic E-state index is 0.803. The molecule has 2 heteroatoms. The van der Waals surface area contributed by atoms with Crippen LogP contribution in [0.3, 0.4) is 0 Å². The van der Waals surface area contributed by atoms with Crippen molar-refractivity contribution in [1.29, 1.82) is 0 Å². The lowest BCUT2D eigenvalue weighted by molar-refractivity contribution is 0.737. The number of unbranched alkanes of at least 4 members (excludes halogenated alkanes) is 1. The third-order valence-corrected chi connectivity index (χ3v) is 1.60. The lowest BCUT2D eigenvalue weighted by Gasteiger charge is -1.95. The molecular weight excluding hydrogens is 124 g/mol. The Kier molecular flexibility index (Phi) is 3.16. The zero-order chi connectivity index (χ0) is 7.23. The van der Waals surface area contributed by atoms with Crippen LogP contribution in [0.4, 0.5) is 0 Å². The lowest BCUT2D eigenvalue weighted by atomic mass is 10.2. The molecule has 0 bridgehead atoms. The van der Waals surface area contributed by atoms with Crippen molar-refractivity contribution >= 4 is 6.21 Å². The van der Waals surface area contributed by atoms with E-state index in [1.807, 2.05) is 6.21 Å². The van der Waals surface area contributed by atoms with Crippen molar-refractivity contribution in [1.82, 2.24) is 0 Å². The molecule has 2 nitrogen and oxygen atoms in total. The summed E-state index contributed by atoms with van der Waals surface area (Å²) in [6.07, 6.45) is 8.56. The summed E-state index contributed by atoms with van der Waals surface area (Å²) in [7, 11) is 0. The van der Waals surface area contributed by atoms with E-state index in [0.29, 0.717) is 0 Å². The maximum atomic E-state index is 5.36. The van der Waals surface area contributed by atoms with Crippen molar-refractivity contribution in [2.75, 3.05) is 6.54 Å². The zero-order valence-corrected chi connectivity index (χ0v) is 6.21. The molecule has 0 aromatic carbocycles. The second-order valence-electron chi connectivity index (χ2n) is 2.49. The molecule has 0 amide bonds. The van der Waals surface area contributed by atoms with Gasteiger partial charge in [-0.3, -0.25) is 4.99 Å². The normalized spacial score (nSPS) is 15.9. The van der Waals surface area contributed by atoms with E-state index in [4.69, 9.17) is 5.73 Å². The highest BCUT2D eigenvalue weighted by Crippen LogP contribution is 2.12. The summed E-state index contributed by atoms with van der Waals surface area (Å²) in [4.78, 5) is 4.20. The Balaban J connectivity index is 2.08. The molecule has 0 saturated carbocycles. The molecule has 1 aliphatic heterocycles. The number of nitrogens with two attached hydrogens (primary N) is 1. The fourth-order valence-corrected chi connectivity index (χ4v) is 1.03. The van der Waals surface area contributed by atoms with Crippen molar-refractivity contribution in [3.63, 3.8) is 0 Å². The van der Waals surface area contributed by atoms with Gasteiger partial charge in [-0.2, -0.15) is 0 Å². The molecular formula is C8H14N2. The molecule has 0 radical (unpaired) electrons. The molecule has 0 aliphatic carbocycles. The number of hydrogen-bond donors (Lipinski definition) is 1. The maximum Gasteiger partial charge on any atom is 0.0363 e. The van der Waals surface area contributed by atoms with Crippen molar-refractivity contribution in [2.24, 2.45) is 10.7 Å². The highest BCUT2D eigenvalue weighted by atomic mass is 14.7. The van der Waals surface area contributed by atoms with Crippen LogP contribution < -0.4 is 5.73 Å².